The second kappa shape index (κ2) is 10.4. The first-order valence-corrected chi connectivity index (χ1v) is 11.8. The molecule has 5 N–H and O–H groups in total. The van der Waals surface area contributed by atoms with Crippen molar-refractivity contribution < 1.29 is 50.5 Å². The second-order valence-corrected chi connectivity index (χ2v) is 9.45. The molecule has 1 saturated heterocycles. The fraction of sp³-hybridized carbons (Fsp3) is 0.400. The molecule has 13 nitrogen and oxygen atoms in total. The Balaban J connectivity index is 0.00000193. The number of carboxylic acid groups (broad SMARTS) is 1. The third-order valence-electron chi connectivity index (χ3n) is 4.48. The summed E-state index contributed by atoms with van der Waals surface area (Å²) in [6.45, 7) is -0.0837. The molecule has 0 aliphatic carbocycles. The Morgan fingerprint density at radius 3 is 2.88 bits per heavy atom. The van der Waals surface area contributed by atoms with Gasteiger partial charge in [0.25, 0.3) is 5.91 Å². The summed E-state index contributed by atoms with van der Waals surface area (Å²) >= 11 is 3.94. The number of aromatic nitrogens is 5. The van der Waals surface area contributed by atoms with Crippen LogP contribution in [-0.4, -0.2) is 82.4 Å². The maximum Gasteiger partial charge on any atom is 1.00 e. The third kappa shape index (κ3) is 5.04. The number of amides is 2. The van der Waals surface area contributed by atoms with Crippen LogP contribution in [0.25, 0.3) is 0 Å². The van der Waals surface area contributed by atoms with Gasteiger partial charge in [0, 0.05) is 23.9 Å². The van der Waals surface area contributed by atoms with Gasteiger partial charge in [0.05, 0.1) is 6.54 Å². The number of anilines is 2. The minimum absolute atomic E-state index is 0. The van der Waals surface area contributed by atoms with Gasteiger partial charge in [0.15, 0.2) is 5.13 Å². The van der Waals surface area contributed by atoms with E-state index in [9.17, 15) is 19.5 Å². The van der Waals surface area contributed by atoms with Crippen LogP contribution in [0, 0.1) is 0 Å². The Morgan fingerprint density at radius 1 is 1.47 bits per heavy atom. The van der Waals surface area contributed by atoms with Gasteiger partial charge in [-0.3, -0.25) is 14.5 Å². The number of hydrogen-bond donors (Lipinski definition) is 4. The summed E-state index contributed by atoms with van der Waals surface area (Å²) in [6, 6.07) is -0.786. The van der Waals surface area contributed by atoms with Crippen LogP contribution >= 0.6 is 34.9 Å². The maximum absolute atomic E-state index is 12.7. The molecule has 1 fully saturated rings. The molecule has 17 heteroatoms. The molecule has 0 radical (unpaired) electrons. The second-order valence-electron chi connectivity index (χ2n) is 6.51. The van der Waals surface area contributed by atoms with Crippen LogP contribution in [-0.2, 0) is 21.4 Å². The summed E-state index contributed by atoms with van der Waals surface area (Å²) in [7, 11) is 1.69. The van der Waals surface area contributed by atoms with Crippen molar-refractivity contribution in [1.29, 1.82) is 0 Å². The first-order chi connectivity index (χ1) is 14.8. The molecule has 4 heterocycles. The molecule has 0 saturated carbocycles. The normalized spacial score (nSPS) is 19.7. The van der Waals surface area contributed by atoms with Crippen molar-refractivity contribution in [3.63, 3.8) is 0 Å². The van der Waals surface area contributed by atoms with E-state index in [0.717, 1.165) is 0 Å². The van der Waals surface area contributed by atoms with Crippen LogP contribution in [0.5, 0.6) is 0 Å². The molecule has 32 heavy (non-hydrogen) atoms. The summed E-state index contributed by atoms with van der Waals surface area (Å²) in [5.41, 5.74) is 6.10. The van der Waals surface area contributed by atoms with E-state index in [1.807, 2.05) is 0 Å². The van der Waals surface area contributed by atoms with Gasteiger partial charge in [-0.2, -0.15) is 0 Å². The number of thioether (sulfide) groups is 2. The predicted molar refractivity (Wildman–Crippen MR) is 115 cm³/mol. The number of nitrogens with zero attached hydrogens (tertiary/aromatic N) is 6. The van der Waals surface area contributed by atoms with Gasteiger partial charge in [-0.1, -0.05) is 11.8 Å². The van der Waals surface area contributed by atoms with Crippen LogP contribution in [0.1, 0.15) is 1.43 Å². The Hall–Kier alpha value is -1.85. The van der Waals surface area contributed by atoms with Crippen molar-refractivity contribution in [1.82, 2.24) is 35.4 Å². The van der Waals surface area contributed by atoms with Crippen molar-refractivity contribution in [2.75, 3.05) is 29.1 Å². The first kappa shape index (κ1) is 24.8. The number of β-lactam (4-membered cyclic amide) rings is 1. The van der Waals surface area contributed by atoms with Crippen LogP contribution in [0.4, 0.5) is 10.9 Å². The number of nitrogens with one attached hydrogen (secondary N) is 2. The summed E-state index contributed by atoms with van der Waals surface area (Å²) in [4.78, 5) is 42.0. The number of aryl methyl sites for hydroxylation is 1. The van der Waals surface area contributed by atoms with Gasteiger partial charge in [-0.15, -0.1) is 28.2 Å². The molecular weight excluding hydrogens is 489 g/mol. The number of nitrogens with two attached hydrogens (primary N) is 1. The SMILES string of the molecule is Cn1nnnc1SCC1=C(C(=O)O)N2C(=O)[C@@H](NC(=O)CNc3csc(N)n3)[C@H]2SC1.[H-].[Na+]. The Labute approximate surface area is 217 Å². The van der Waals surface area contributed by atoms with E-state index in [-0.39, 0.29) is 43.2 Å². The zero-order valence-corrected chi connectivity index (χ0v) is 21.5. The molecule has 2 aromatic rings. The topological polar surface area (TPSA) is 181 Å². The third-order valence-corrected chi connectivity index (χ3v) is 7.59. The van der Waals surface area contributed by atoms with E-state index >= 15 is 0 Å². The molecule has 2 amide bonds. The van der Waals surface area contributed by atoms with E-state index in [4.69, 9.17) is 5.73 Å². The van der Waals surface area contributed by atoms with Gasteiger partial charge >= 0.3 is 35.5 Å². The molecule has 2 aliphatic rings. The van der Waals surface area contributed by atoms with E-state index in [0.29, 0.717) is 33.2 Å². The van der Waals surface area contributed by atoms with Crippen LogP contribution in [0.2, 0.25) is 0 Å². The Bertz CT molecular complexity index is 1080. The number of rotatable bonds is 8. The number of fused-ring (bicyclic) bond motifs is 1. The zero-order chi connectivity index (χ0) is 22.1. The molecule has 0 unspecified atom stereocenters. The standard InChI is InChI=1S/C15H17N9O4S3.Na.H/c1-23-15(20-21-22-23)31-4-6-3-29-12-9(11(26)24(12)10(6)13(27)28)19-8(25)2-17-7-5-30-14(16)18-7;;/h5,9,12,17H,2-4H2,1H3,(H2,16,18)(H,19,25)(H,27,28);;/q;+1;-1/t9-,12-;;/m1../s1. The molecule has 4 rings (SSSR count). The van der Waals surface area contributed by atoms with Crippen LogP contribution in [0.15, 0.2) is 21.8 Å². The molecule has 0 aromatic carbocycles. The molecule has 166 valence electrons. The zero-order valence-electron chi connectivity index (χ0n) is 18.0. The number of nitrogen functional groups attached to an aromatic ring is 1. The van der Waals surface area contributed by atoms with Crippen molar-refractivity contribution in [2.45, 2.75) is 16.6 Å². The fourth-order valence-corrected chi connectivity index (χ4v) is 5.91. The molecule has 2 atom stereocenters. The van der Waals surface area contributed by atoms with Gasteiger partial charge < -0.3 is 22.9 Å². The van der Waals surface area contributed by atoms with Crippen molar-refractivity contribution in [3.05, 3.63) is 16.7 Å². The number of thiazole rings is 1. The van der Waals surface area contributed by atoms with Gasteiger partial charge in [0.2, 0.25) is 11.1 Å². The molecular formula is C15H18N9NaO4S3. The Morgan fingerprint density at radius 2 is 2.25 bits per heavy atom. The predicted octanol–water partition coefficient (Wildman–Crippen LogP) is -3.69. The maximum atomic E-state index is 12.7. The largest absolute Gasteiger partial charge is 1.00 e. The molecule has 2 aliphatic heterocycles. The number of tetrazole rings is 1. The van der Waals surface area contributed by atoms with Crippen molar-refractivity contribution >= 4 is 63.6 Å². The quantitative estimate of drug-likeness (QED) is 0.156. The minimum atomic E-state index is -1.18. The van der Waals surface area contributed by atoms with Gasteiger partial charge in [0.1, 0.15) is 22.9 Å². The monoisotopic (exact) mass is 507 g/mol. The average molecular weight is 508 g/mol. The van der Waals surface area contributed by atoms with Gasteiger partial charge in [-0.05, 0) is 16.0 Å². The summed E-state index contributed by atoms with van der Waals surface area (Å²) in [6.07, 6.45) is 0. The summed E-state index contributed by atoms with van der Waals surface area (Å²) in [5.74, 6) is -0.819. The number of aliphatic carboxylic acids is 1. The van der Waals surface area contributed by atoms with Gasteiger partial charge in [-0.25, -0.2) is 14.5 Å². The molecule has 2 aromatic heterocycles. The number of hydrogen-bond acceptors (Lipinski definition) is 12. The smallest absolute Gasteiger partial charge is 1.00 e. The van der Waals surface area contributed by atoms with E-state index in [1.165, 1.54) is 44.4 Å². The number of carbonyl (C=O) groups is 3. The minimum Gasteiger partial charge on any atom is -1.00 e. The summed E-state index contributed by atoms with van der Waals surface area (Å²) < 4.78 is 1.48. The van der Waals surface area contributed by atoms with Crippen LogP contribution < -0.4 is 45.9 Å². The van der Waals surface area contributed by atoms with E-state index in [1.54, 1.807) is 12.4 Å². The van der Waals surface area contributed by atoms with Crippen molar-refractivity contribution in [3.8, 4) is 0 Å². The number of carboxylic acids is 1. The summed E-state index contributed by atoms with van der Waals surface area (Å²) in [5, 5.41) is 28.5. The molecule has 0 spiro atoms. The van der Waals surface area contributed by atoms with Crippen molar-refractivity contribution in [2.24, 2.45) is 7.05 Å². The van der Waals surface area contributed by atoms with E-state index in [2.05, 4.69) is 31.1 Å². The van der Waals surface area contributed by atoms with Crippen LogP contribution in [0.3, 0.4) is 0 Å². The Kier molecular flexibility index (Phi) is 8.05. The van der Waals surface area contributed by atoms with E-state index < -0.39 is 29.2 Å². The fourth-order valence-electron chi connectivity index (χ4n) is 3.05. The first-order valence-electron chi connectivity index (χ1n) is 8.84. The average Bonchev–Trinajstić information content (AvgIpc) is 3.35. The number of carbonyl (C=O) groups excluding carboxylic acids is 2. The molecule has 0 bridgehead atoms.